The molecule has 100 valence electrons. The standard InChI is InChI=1S/C14H27NO2/c1-11-13(8-9-17-11)15(2)10-14(16)12-6-4-3-5-7-12/h11-14,16H,3-10H2,1-2H3. The van der Waals surface area contributed by atoms with Crippen LogP contribution in [0.15, 0.2) is 0 Å². The molecule has 1 saturated carbocycles. The summed E-state index contributed by atoms with van der Waals surface area (Å²) >= 11 is 0. The lowest BCUT2D eigenvalue weighted by molar-refractivity contribution is 0.0262. The van der Waals surface area contributed by atoms with Gasteiger partial charge in [-0.3, -0.25) is 4.90 Å². The van der Waals surface area contributed by atoms with Crippen molar-refractivity contribution in [3.63, 3.8) is 0 Å². The Morgan fingerprint density at radius 2 is 1.94 bits per heavy atom. The molecule has 3 nitrogen and oxygen atoms in total. The van der Waals surface area contributed by atoms with Crippen LogP contribution < -0.4 is 0 Å². The van der Waals surface area contributed by atoms with E-state index in [1.807, 2.05) is 0 Å². The van der Waals surface area contributed by atoms with Gasteiger partial charge in [-0.25, -0.2) is 0 Å². The number of aliphatic hydroxyl groups excluding tert-OH is 1. The molecule has 2 rings (SSSR count). The monoisotopic (exact) mass is 241 g/mol. The molecule has 2 fully saturated rings. The van der Waals surface area contributed by atoms with Crippen LogP contribution in [0.25, 0.3) is 0 Å². The maximum Gasteiger partial charge on any atom is 0.0702 e. The normalized spacial score (nSPS) is 33.2. The van der Waals surface area contributed by atoms with Gasteiger partial charge in [0.25, 0.3) is 0 Å². The first-order valence-corrected chi connectivity index (χ1v) is 7.18. The van der Waals surface area contributed by atoms with Gasteiger partial charge in [0.05, 0.1) is 12.2 Å². The quantitative estimate of drug-likeness (QED) is 0.817. The molecule has 1 saturated heterocycles. The van der Waals surface area contributed by atoms with Crippen molar-refractivity contribution in [2.24, 2.45) is 5.92 Å². The van der Waals surface area contributed by atoms with E-state index < -0.39 is 0 Å². The van der Waals surface area contributed by atoms with Crippen molar-refractivity contribution in [2.75, 3.05) is 20.2 Å². The summed E-state index contributed by atoms with van der Waals surface area (Å²) in [5, 5.41) is 10.3. The van der Waals surface area contributed by atoms with Crippen molar-refractivity contribution in [1.29, 1.82) is 0 Å². The number of hydrogen-bond donors (Lipinski definition) is 1. The highest BCUT2D eigenvalue weighted by atomic mass is 16.5. The van der Waals surface area contributed by atoms with E-state index in [0.29, 0.717) is 18.1 Å². The summed E-state index contributed by atoms with van der Waals surface area (Å²) in [6, 6.07) is 0.494. The van der Waals surface area contributed by atoms with E-state index in [1.54, 1.807) is 0 Å². The second-order valence-corrected chi connectivity index (χ2v) is 5.84. The van der Waals surface area contributed by atoms with Crippen molar-refractivity contribution in [3.05, 3.63) is 0 Å². The molecule has 1 aliphatic heterocycles. The fourth-order valence-corrected chi connectivity index (χ4v) is 3.40. The van der Waals surface area contributed by atoms with Crippen LogP contribution in [0.5, 0.6) is 0 Å². The van der Waals surface area contributed by atoms with E-state index in [4.69, 9.17) is 4.74 Å². The summed E-state index contributed by atoms with van der Waals surface area (Å²) < 4.78 is 5.59. The highest BCUT2D eigenvalue weighted by molar-refractivity contribution is 4.83. The number of likely N-dealkylation sites (N-methyl/N-ethyl adjacent to an activating group) is 1. The van der Waals surface area contributed by atoms with Crippen LogP contribution in [0, 0.1) is 5.92 Å². The molecular formula is C14H27NO2. The van der Waals surface area contributed by atoms with Gasteiger partial charge in [0, 0.05) is 19.2 Å². The van der Waals surface area contributed by atoms with Gasteiger partial charge < -0.3 is 9.84 Å². The molecule has 1 N–H and O–H groups in total. The van der Waals surface area contributed by atoms with Crippen LogP contribution in [-0.2, 0) is 4.74 Å². The Morgan fingerprint density at radius 3 is 2.53 bits per heavy atom. The minimum absolute atomic E-state index is 0.145. The minimum atomic E-state index is -0.145. The van der Waals surface area contributed by atoms with Crippen molar-refractivity contribution in [2.45, 2.75) is 63.7 Å². The van der Waals surface area contributed by atoms with Gasteiger partial charge in [0.1, 0.15) is 0 Å². The van der Waals surface area contributed by atoms with Gasteiger partial charge in [0.15, 0.2) is 0 Å². The Hall–Kier alpha value is -0.120. The largest absolute Gasteiger partial charge is 0.392 e. The Bertz CT molecular complexity index is 228. The molecule has 0 spiro atoms. The number of hydrogen-bond acceptors (Lipinski definition) is 3. The van der Waals surface area contributed by atoms with E-state index >= 15 is 0 Å². The molecule has 0 radical (unpaired) electrons. The van der Waals surface area contributed by atoms with Crippen molar-refractivity contribution < 1.29 is 9.84 Å². The summed E-state index contributed by atoms with van der Waals surface area (Å²) in [6.07, 6.45) is 7.66. The third-order valence-corrected chi connectivity index (χ3v) is 4.57. The minimum Gasteiger partial charge on any atom is -0.392 e. The topological polar surface area (TPSA) is 32.7 Å². The van der Waals surface area contributed by atoms with E-state index in [0.717, 1.165) is 19.6 Å². The van der Waals surface area contributed by atoms with Crippen LogP contribution in [-0.4, -0.2) is 48.5 Å². The predicted molar refractivity (Wildman–Crippen MR) is 69.0 cm³/mol. The van der Waals surface area contributed by atoms with Crippen LogP contribution in [0.4, 0.5) is 0 Å². The molecule has 17 heavy (non-hydrogen) atoms. The maximum atomic E-state index is 10.3. The van der Waals surface area contributed by atoms with E-state index in [1.165, 1.54) is 32.1 Å². The molecule has 3 atom stereocenters. The number of nitrogens with zero attached hydrogens (tertiary/aromatic N) is 1. The molecule has 0 aromatic heterocycles. The van der Waals surface area contributed by atoms with Crippen LogP contribution in [0.3, 0.4) is 0 Å². The molecule has 3 unspecified atom stereocenters. The van der Waals surface area contributed by atoms with E-state index in [2.05, 4.69) is 18.9 Å². The second-order valence-electron chi connectivity index (χ2n) is 5.84. The lowest BCUT2D eigenvalue weighted by atomic mass is 9.85. The highest BCUT2D eigenvalue weighted by Gasteiger charge is 2.30. The SMILES string of the molecule is CC1OCCC1N(C)CC(O)C1CCCCC1. The summed E-state index contributed by atoms with van der Waals surface area (Å²) in [6.45, 7) is 3.82. The van der Waals surface area contributed by atoms with Crippen LogP contribution >= 0.6 is 0 Å². The smallest absolute Gasteiger partial charge is 0.0702 e. The number of ether oxygens (including phenoxy) is 1. The lowest BCUT2D eigenvalue weighted by Crippen LogP contribution is -2.43. The number of rotatable bonds is 4. The molecule has 0 amide bonds. The number of aliphatic hydroxyl groups is 1. The first kappa shape index (κ1) is 13.3. The van der Waals surface area contributed by atoms with E-state index in [-0.39, 0.29) is 6.10 Å². The zero-order valence-corrected chi connectivity index (χ0v) is 11.3. The second kappa shape index (κ2) is 6.17. The van der Waals surface area contributed by atoms with Gasteiger partial charge in [-0.15, -0.1) is 0 Å². The van der Waals surface area contributed by atoms with Crippen LogP contribution in [0.2, 0.25) is 0 Å². The molecule has 1 aliphatic carbocycles. The Balaban J connectivity index is 1.78. The average molecular weight is 241 g/mol. The first-order valence-electron chi connectivity index (χ1n) is 7.18. The first-order chi connectivity index (χ1) is 8.18. The Morgan fingerprint density at radius 1 is 1.24 bits per heavy atom. The van der Waals surface area contributed by atoms with Crippen molar-refractivity contribution >= 4 is 0 Å². The molecule has 0 bridgehead atoms. The summed E-state index contributed by atoms with van der Waals surface area (Å²) in [4.78, 5) is 2.30. The summed E-state index contributed by atoms with van der Waals surface area (Å²) in [5.74, 6) is 0.531. The average Bonchev–Trinajstić information content (AvgIpc) is 2.76. The fraction of sp³-hybridized carbons (Fsp3) is 1.00. The third-order valence-electron chi connectivity index (χ3n) is 4.57. The van der Waals surface area contributed by atoms with Crippen molar-refractivity contribution in [1.82, 2.24) is 4.90 Å². The third kappa shape index (κ3) is 3.43. The van der Waals surface area contributed by atoms with Crippen LogP contribution in [0.1, 0.15) is 45.4 Å². The summed E-state index contributed by atoms with van der Waals surface area (Å²) in [7, 11) is 2.13. The van der Waals surface area contributed by atoms with Gasteiger partial charge in [-0.2, -0.15) is 0 Å². The van der Waals surface area contributed by atoms with Gasteiger partial charge >= 0.3 is 0 Å². The van der Waals surface area contributed by atoms with Crippen molar-refractivity contribution in [3.8, 4) is 0 Å². The molecule has 0 aromatic carbocycles. The Labute approximate surface area is 105 Å². The zero-order valence-electron chi connectivity index (χ0n) is 11.3. The van der Waals surface area contributed by atoms with Gasteiger partial charge in [-0.05, 0) is 39.2 Å². The zero-order chi connectivity index (χ0) is 12.3. The molecule has 0 aromatic rings. The van der Waals surface area contributed by atoms with Gasteiger partial charge in [-0.1, -0.05) is 19.3 Å². The molecule has 3 heteroatoms. The fourth-order valence-electron chi connectivity index (χ4n) is 3.40. The maximum absolute atomic E-state index is 10.3. The summed E-state index contributed by atoms with van der Waals surface area (Å²) in [5.41, 5.74) is 0. The Kier molecular flexibility index (Phi) is 4.83. The van der Waals surface area contributed by atoms with Gasteiger partial charge in [0.2, 0.25) is 0 Å². The molecular weight excluding hydrogens is 214 g/mol. The molecule has 1 heterocycles. The lowest BCUT2D eigenvalue weighted by Gasteiger charge is -2.33. The highest BCUT2D eigenvalue weighted by Crippen LogP contribution is 2.27. The van der Waals surface area contributed by atoms with E-state index in [9.17, 15) is 5.11 Å². The predicted octanol–water partition coefficient (Wildman–Crippen LogP) is 2.04. The molecule has 2 aliphatic rings.